The molecule has 0 fully saturated rings. The van der Waals surface area contributed by atoms with Crippen molar-refractivity contribution < 1.29 is 22.8 Å². The molecule has 0 spiro atoms. The lowest BCUT2D eigenvalue weighted by Gasteiger charge is -2.24. The molecule has 5 nitrogen and oxygen atoms in total. The van der Waals surface area contributed by atoms with Crippen molar-refractivity contribution in [2.24, 2.45) is 5.16 Å². The van der Waals surface area contributed by atoms with Crippen molar-refractivity contribution in [3.8, 4) is 0 Å². The summed E-state index contributed by atoms with van der Waals surface area (Å²) in [5, 5.41) is 6.05. The van der Waals surface area contributed by atoms with E-state index < -0.39 is 17.7 Å². The summed E-state index contributed by atoms with van der Waals surface area (Å²) >= 11 is 7.09. The van der Waals surface area contributed by atoms with E-state index in [0.29, 0.717) is 22.8 Å². The highest BCUT2D eigenvalue weighted by molar-refractivity contribution is 7.12. The van der Waals surface area contributed by atoms with Gasteiger partial charge >= 0.3 is 0 Å². The third-order valence-corrected chi connectivity index (χ3v) is 5.47. The maximum absolute atomic E-state index is 14.2. The number of carbonyl (C=O) groups excluding carboxylic acids is 1. The number of halogens is 3. The number of hydrogen-bond donors (Lipinski definition) is 0. The van der Waals surface area contributed by atoms with Gasteiger partial charge in [-0.25, -0.2) is 8.78 Å². The Hall–Kier alpha value is -2.71. The van der Waals surface area contributed by atoms with Gasteiger partial charge in [-0.3, -0.25) is 4.79 Å². The zero-order valence-electron chi connectivity index (χ0n) is 15.0. The second kappa shape index (κ2) is 8.34. The van der Waals surface area contributed by atoms with E-state index in [9.17, 15) is 13.6 Å². The van der Waals surface area contributed by atoms with Crippen LogP contribution < -0.4 is 0 Å². The summed E-state index contributed by atoms with van der Waals surface area (Å²) in [7, 11) is 0. The second-order valence-electron chi connectivity index (χ2n) is 6.47. The van der Waals surface area contributed by atoms with Crippen molar-refractivity contribution in [3.05, 3.63) is 80.9 Å². The topological polar surface area (TPSA) is 55.0 Å². The summed E-state index contributed by atoms with van der Waals surface area (Å²) in [6.07, 6.45) is -0.0226. The molecule has 3 aromatic rings. The molecule has 1 aromatic carbocycles. The summed E-state index contributed by atoms with van der Waals surface area (Å²) in [6, 6.07) is 10.1. The fourth-order valence-corrected chi connectivity index (χ4v) is 3.85. The fraction of sp³-hybridized carbons (Fsp3) is 0.200. The van der Waals surface area contributed by atoms with Crippen molar-refractivity contribution in [2.45, 2.75) is 19.1 Å². The highest BCUT2D eigenvalue weighted by Gasteiger charge is 2.29. The smallest absolute Gasteiger partial charge is 0.264 e. The van der Waals surface area contributed by atoms with E-state index in [0.717, 1.165) is 6.07 Å². The largest absolute Gasteiger partial charge is 0.443 e. The Morgan fingerprint density at radius 3 is 2.83 bits per heavy atom. The summed E-state index contributed by atoms with van der Waals surface area (Å²) < 4.78 is 32.7. The van der Waals surface area contributed by atoms with Crippen LogP contribution in [0, 0.1) is 11.6 Å². The molecule has 9 heteroatoms. The van der Waals surface area contributed by atoms with Crippen LogP contribution in [0.2, 0.25) is 5.22 Å². The lowest BCUT2D eigenvalue weighted by atomic mass is 10.1. The monoisotopic (exact) mass is 436 g/mol. The van der Waals surface area contributed by atoms with E-state index in [1.165, 1.54) is 28.4 Å². The SMILES string of the molecule is O=C(c1cccs1)N(Cc1ccc(F)cc1F)CC1CC(c2ccc(Cl)o2)=NO1. The van der Waals surface area contributed by atoms with Crippen LogP contribution in [0.4, 0.5) is 8.78 Å². The van der Waals surface area contributed by atoms with E-state index in [1.54, 1.807) is 29.6 Å². The summed E-state index contributed by atoms with van der Waals surface area (Å²) in [5.41, 5.74) is 0.798. The van der Waals surface area contributed by atoms with Crippen LogP contribution in [-0.2, 0) is 11.4 Å². The Bertz CT molecular complexity index is 1050. The lowest BCUT2D eigenvalue weighted by Crippen LogP contribution is -2.37. The normalized spacial score (nSPS) is 15.8. The van der Waals surface area contributed by atoms with Crippen LogP contribution in [0.15, 0.2) is 57.4 Å². The first-order valence-electron chi connectivity index (χ1n) is 8.74. The molecule has 0 saturated carbocycles. The zero-order valence-corrected chi connectivity index (χ0v) is 16.6. The van der Waals surface area contributed by atoms with Gasteiger partial charge in [0.15, 0.2) is 17.1 Å². The minimum absolute atomic E-state index is 0.0232. The minimum Gasteiger partial charge on any atom is -0.443 e. The van der Waals surface area contributed by atoms with Crippen molar-refractivity contribution in [2.75, 3.05) is 6.54 Å². The number of rotatable bonds is 6. The Balaban J connectivity index is 1.51. The van der Waals surface area contributed by atoms with Gasteiger partial charge in [0.05, 0.1) is 11.4 Å². The molecule has 0 N–H and O–H groups in total. The summed E-state index contributed by atoms with van der Waals surface area (Å²) in [6.45, 7) is 0.152. The fourth-order valence-electron chi connectivity index (χ4n) is 3.02. The molecule has 29 heavy (non-hydrogen) atoms. The molecular weight excluding hydrogens is 422 g/mol. The van der Waals surface area contributed by atoms with Gasteiger partial charge in [-0.2, -0.15) is 0 Å². The Labute approximate surface area is 174 Å². The first kappa shape index (κ1) is 19.6. The lowest BCUT2D eigenvalue weighted by molar-refractivity contribution is 0.0406. The third kappa shape index (κ3) is 4.49. The van der Waals surface area contributed by atoms with Gasteiger partial charge in [-0.15, -0.1) is 11.3 Å². The number of furan rings is 1. The molecule has 1 aliphatic heterocycles. The average Bonchev–Trinajstić information content (AvgIpc) is 3.44. The van der Waals surface area contributed by atoms with Crippen LogP contribution in [0.3, 0.4) is 0 Å². The molecule has 1 unspecified atom stereocenters. The Morgan fingerprint density at radius 2 is 2.14 bits per heavy atom. The van der Waals surface area contributed by atoms with Gasteiger partial charge in [0.1, 0.15) is 17.3 Å². The Kier molecular flexibility index (Phi) is 5.64. The van der Waals surface area contributed by atoms with Crippen LogP contribution in [0.25, 0.3) is 0 Å². The third-order valence-electron chi connectivity index (χ3n) is 4.41. The van der Waals surface area contributed by atoms with Crippen molar-refractivity contribution in [1.29, 1.82) is 0 Å². The predicted octanol–water partition coefficient (Wildman–Crippen LogP) is 5.11. The quantitative estimate of drug-likeness (QED) is 0.539. The molecule has 1 amide bonds. The van der Waals surface area contributed by atoms with Gasteiger partial charge in [0, 0.05) is 24.6 Å². The molecular formula is C20H15ClF2N2O3S. The predicted molar refractivity (Wildman–Crippen MR) is 105 cm³/mol. The molecule has 2 aromatic heterocycles. The molecule has 3 heterocycles. The number of nitrogens with zero attached hydrogens (tertiary/aromatic N) is 2. The summed E-state index contributed by atoms with van der Waals surface area (Å²) in [5.74, 6) is -1.14. The first-order valence-corrected chi connectivity index (χ1v) is 10.0. The van der Waals surface area contributed by atoms with Gasteiger partial charge in [-0.1, -0.05) is 17.3 Å². The van der Waals surface area contributed by atoms with Gasteiger partial charge in [-0.05, 0) is 41.2 Å². The number of oxime groups is 1. The van der Waals surface area contributed by atoms with E-state index in [2.05, 4.69) is 5.16 Å². The number of thiophene rings is 1. The average molecular weight is 437 g/mol. The molecule has 1 aliphatic rings. The van der Waals surface area contributed by atoms with Gasteiger partial charge < -0.3 is 14.2 Å². The standard InChI is InChI=1S/C20H15ClF2N2O3S/c21-19-6-5-17(27-19)16-9-14(28-24-16)11-25(20(26)18-2-1-7-29-18)10-12-3-4-13(22)8-15(12)23/h1-8,14H,9-11H2. The molecule has 0 aliphatic carbocycles. The van der Waals surface area contributed by atoms with Gasteiger partial charge in [0.2, 0.25) is 0 Å². The molecule has 150 valence electrons. The maximum Gasteiger partial charge on any atom is 0.264 e. The van der Waals surface area contributed by atoms with Crippen molar-refractivity contribution >= 4 is 34.6 Å². The maximum atomic E-state index is 14.2. The molecule has 0 radical (unpaired) electrons. The molecule has 4 rings (SSSR count). The van der Waals surface area contributed by atoms with Crippen LogP contribution >= 0.6 is 22.9 Å². The summed E-state index contributed by atoms with van der Waals surface area (Å²) in [4.78, 5) is 20.4. The second-order valence-corrected chi connectivity index (χ2v) is 7.79. The van der Waals surface area contributed by atoms with E-state index in [4.69, 9.17) is 20.9 Å². The van der Waals surface area contributed by atoms with Crippen molar-refractivity contribution in [1.82, 2.24) is 4.90 Å². The van der Waals surface area contributed by atoms with Crippen LogP contribution in [-0.4, -0.2) is 29.2 Å². The number of amides is 1. The van der Waals surface area contributed by atoms with Crippen molar-refractivity contribution in [3.63, 3.8) is 0 Å². The minimum atomic E-state index is -0.705. The van der Waals surface area contributed by atoms with Crippen LogP contribution in [0.5, 0.6) is 0 Å². The van der Waals surface area contributed by atoms with E-state index in [1.807, 2.05) is 0 Å². The van der Waals surface area contributed by atoms with Gasteiger partial charge in [0.25, 0.3) is 5.91 Å². The number of hydrogen-bond acceptors (Lipinski definition) is 5. The molecule has 1 atom stereocenters. The highest BCUT2D eigenvalue weighted by Crippen LogP contribution is 2.23. The Morgan fingerprint density at radius 1 is 1.28 bits per heavy atom. The number of benzene rings is 1. The first-order chi connectivity index (χ1) is 14.0. The van der Waals surface area contributed by atoms with E-state index >= 15 is 0 Å². The molecule has 0 saturated heterocycles. The number of carbonyl (C=O) groups is 1. The zero-order chi connectivity index (χ0) is 20.4. The van der Waals surface area contributed by atoms with E-state index in [-0.39, 0.29) is 29.8 Å². The van der Waals surface area contributed by atoms with Crippen LogP contribution in [0.1, 0.15) is 27.4 Å². The molecule has 0 bridgehead atoms. The highest BCUT2D eigenvalue weighted by atomic mass is 35.5.